The number of carbonyl (C=O) groups is 1. The van der Waals surface area contributed by atoms with Crippen LogP contribution in [0.15, 0.2) is 24.3 Å². The first-order chi connectivity index (χ1) is 10.4. The highest BCUT2D eigenvalue weighted by molar-refractivity contribution is 7.80. The first kappa shape index (κ1) is 16.1. The number of thiocarbonyl (C=S) groups is 1. The van der Waals surface area contributed by atoms with Crippen molar-refractivity contribution in [3.63, 3.8) is 0 Å². The number of anilines is 1. The van der Waals surface area contributed by atoms with E-state index < -0.39 is 11.7 Å². The van der Waals surface area contributed by atoms with E-state index in [2.05, 4.69) is 16.7 Å². The van der Waals surface area contributed by atoms with Gasteiger partial charge in [0.2, 0.25) is 0 Å². The Kier molecular flexibility index (Phi) is 4.85. The van der Waals surface area contributed by atoms with Crippen LogP contribution in [0.3, 0.4) is 0 Å². The summed E-state index contributed by atoms with van der Waals surface area (Å²) < 4.78 is 13.1. The van der Waals surface area contributed by atoms with Gasteiger partial charge in [0, 0.05) is 10.4 Å². The predicted octanol–water partition coefficient (Wildman–Crippen LogP) is 3.50. The normalized spacial score (nSPS) is 9.91. The van der Waals surface area contributed by atoms with Gasteiger partial charge < -0.3 is 5.32 Å². The molecule has 4 nitrogen and oxygen atoms in total. The van der Waals surface area contributed by atoms with Crippen molar-refractivity contribution in [2.45, 2.75) is 13.8 Å². The maximum atomic E-state index is 13.1. The van der Waals surface area contributed by atoms with Crippen LogP contribution in [0.4, 0.5) is 9.39 Å². The van der Waals surface area contributed by atoms with Crippen LogP contribution in [0.5, 0.6) is 0 Å². The van der Waals surface area contributed by atoms with Crippen molar-refractivity contribution >= 4 is 39.6 Å². The molecule has 0 atom stereocenters. The molecule has 0 unspecified atom stereocenters. The van der Waals surface area contributed by atoms with Gasteiger partial charge in [-0.1, -0.05) is 6.07 Å². The maximum Gasteiger partial charge on any atom is 0.257 e. The summed E-state index contributed by atoms with van der Waals surface area (Å²) in [6, 6.07) is 7.42. The van der Waals surface area contributed by atoms with Gasteiger partial charge in [-0.3, -0.25) is 10.1 Å². The summed E-state index contributed by atoms with van der Waals surface area (Å²) in [6.07, 6.45) is 0. The van der Waals surface area contributed by atoms with Gasteiger partial charge in [-0.05, 0) is 49.8 Å². The molecule has 0 spiro atoms. The van der Waals surface area contributed by atoms with E-state index in [-0.39, 0.29) is 10.7 Å². The highest BCUT2D eigenvalue weighted by atomic mass is 32.1. The average Bonchev–Trinajstić information content (AvgIpc) is 2.73. The topological polar surface area (TPSA) is 64.9 Å². The van der Waals surface area contributed by atoms with Gasteiger partial charge in [-0.2, -0.15) is 5.26 Å². The molecule has 1 heterocycles. The number of hydrogen-bond donors (Lipinski definition) is 2. The fraction of sp³-hybridized carbons (Fsp3) is 0.133. The number of aryl methyl sites for hydroxylation is 1. The molecule has 0 saturated heterocycles. The van der Waals surface area contributed by atoms with Crippen LogP contribution in [-0.2, 0) is 0 Å². The molecule has 2 N–H and O–H groups in total. The smallest absolute Gasteiger partial charge is 0.257 e. The number of halogens is 1. The number of nitriles is 1. The van der Waals surface area contributed by atoms with Crippen molar-refractivity contribution < 1.29 is 9.18 Å². The number of nitrogens with zero attached hydrogens (tertiary/aromatic N) is 1. The zero-order valence-electron chi connectivity index (χ0n) is 11.9. The Bertz CT molecular complexity index is 793. The van der Waals surface area contributed by atoms with Crippen LogP contribution in [0.2, 0.25) is 0 Å². The first-order valence-corrected chi connectivity index (χ1v) is 7.53. The summed E-state index contributed by atoms with van der Waals surface area (Å²) in [6.45, 7) is 3.75. The molecule has 2 aromatic rings. The SMILES string of the molecule is Cc1sc(NC(=S)NC(=O)c2cccc(F)c2)c(C#N)c1C. The second-order valence-corrected chi connectivity index (χ2v) is 6.15. The standard InChI is InChI=1S/C15H12FN3OS2/c1-8-9(2)22-14(12(8)7-17)19-15(21)18-13(20)10-4-3-5-11(16)6-10/h3-6H,1-2H3,(H2,18,19,20,21). The summed E-state index contributed by atoms with van der Waals surface area (Å²) in [5.74, 6) is -1.01. The minimum absolute atomic E-state index is 0.0620. The van der Waals surface area contributed by atoms with Crippen LogP contribution in [0, 0.1) is 31.0 Å². The molecular weight excluding hydrogens is 321 g/mol. The molecule has 0 saturated carbocycles. The molecule has 0 fully saturated rings. The highest BCUT2D eigenvalue weighted by Crippen LogP contribution is 2.31. The van der Waals surface area contributed by atoms with E-state index in [9.17, 15) is 9.18 Å². The summed E-state index contributed by atoms with van der Waals surface area (Å²) in [5, 5.41) is 15.1. The molecule has 1 aromatic carbocycles. The van der Waals surface area contributed by atoms with Crippen molar-refractivity contribution in [1.82, 2.24) is 5.32 Å². The molecular formula is C15H12FN3OS2. The molecule has 1 aromatic heterocycles. The molecule has 7 heteroatoms. The molecule has 112 valence electrons. The summed E-state index contributed by atoms with van der Waals surface area (Å²) in [5.41, 5.74) is 1.56. The van der Waals surface area contributed by atoms with E-state index in [1.807, 2.05) is 13.8 Å². The Morgan fingerprint density at radius 2 is 2.14 bits per heavy atom. The Morgan fingerprint density at radius 1 is 1.41 bits per heavy atom. The minimum atomic E-state index is -0.513. The third kappa shape index (κ3) is 3.47. The molecule has 0 bridgehead atoms. The van der Waals surface area contributed by atoms with E-state index in [0.717, 1.165) is 16.5 Å². The molecule has 0 aliphatic heterocycles. The largest absolute Gasteiger partial charge is 0.323 e. The lowest BCUT2D eigenvalue weighted by Gasteiger charge is -2.08. The Labute approximate surface area is 136 Å². The third-order valence-corrected chi connectivity index (χ3v) is 4.36. The molecule has 22 heavy (non-hydrogen) atoms. The molecule has 1 amide bonds. The van der Waals surface area contributed by atoms with Gasteiger partial charge in [0.15, 0.2) is 5.11 Å². The fourth-order valence-electron chi connectivity index (χ4n) is 1.79. The molecule has 0 aliphatic carbocycles. The first-order valence-electron chi connectivity index (χ1n) is 6.30. The average molecular weight is 333 g/mol. The lowest BCUT2D eigenvalue weighted by molar-refractivity contribution is 0.0977. The van der Waals surface area contributed by atoms with Crippen LogP contribution in [0.1, 0.15) is 26.4 Å². The molecule has 0 radical (unpaired) electrons. The summed E-state index contributed by atoms with van der Waals surface area (Å²) in [7, 11) is 0. The molecule has 2 rings (SSSR count). The van der Waals surface area contributed by atoms with E-state index in [1.165, 1.54) is 29.5 Å². The van der Waals surface area contributed by atoms with Gasteiger partial charge >= 0.3 is 0 Å². The quantitative estimate of drug-likeness (QED) is 0.826. The summed E-state index contributed by atoms with van der Waals surface area (Å²) in [4.78, 5) is 13.0. The number of thiophene rings is 1. The fourth-order valence-corrected chi connectivity index (χ4v) is 3.06. The Morgan fingerprint density at radius 3 is 2.77 bits per heavy atom. The Balaban J connectivity index is 2.09. The monoisotopic (exact) mass is 333 g/mol. The summed E-state index contributed by atoms with van der Waals surface area (Å²) >= 11 is 6.45. The van der Waals surface area contributed by atoms with Crippen LogP contribution in [0.25, 0.3) is 0 Å². The highest BCUT2D eigenvalue weighted by Gasteiger charge is 2.15. The van der Waals surface area contributed by atoms with Gasteiger partial charge in [-0.15, -0.1) is 11.3 Å². The lowest BCUT2D eigenvalue weighted by Crippen LogP contribution is -2.34. The van der Waals surface area contributed by atoms with Crippen molar-refractivity contribution in [2.24, 2.45) is 0 Å². The van der Waals surface area contributed by atoms with Gasteiger partial charge in [-0.25, -0.2) is 4.39 Å². The van der Waals surface area contributed by atoms with Gasteiger partial charge in [0.05, 0.1) is 5.56 Å². The van der Waals surface area contributed by atoms with Crippen molar-refractivity contribution in [1.29, 1.82) is 5.26 Å². The van der Waals surface area contributed by atoms with Gasteiger partial charge in [0.25, 0.3) is 5.91 Å². The molecule has 0 aliphatic rings. The van der Waals surface area contributed by atoms with E-state index in [1.54, 1.807) is 0 Å². The van der Waals surface area contributed by atoms with E-state index in [4.69, 9.17) is 17.5 Å². The van der Waals surface area contributed by atoms with Crippen molar-refractivity contribution in [3.8, 4) is 6.07 Å². The maximum absolute atomic E-state index is 13.1. The second kappa shape index (κ2) is 6.64. The van der Waals surface area contributed by atoms with E-state index in [0.29, 0.717) is 10.6 Å². The van der Waals surface area contributed by atoms with E-state index >= 15 is 0 Å². The number of benzene rings is 1. The van der Waals surface area contributed by atoms with Crippen molar-refractivity contribution in [2.75, 3.05) is 5.32 Å². The van der Waals surface area contributed by atoms with Crippen LogP contribution < -0.4 is 10.6 Å². The number of nitrogens with one attached hydrogen (secondary N) is 2. The number of rotatable bonds is 2. The predicted molar refractivity (Wildman–Crippen MR) is 88.6 cm³/mol. The number of hydrogen-bond acceptors (Lipinski definition) is 4. The van der Waals surface area contributed by atoms with Gasteiger partial charge in [0.1, 0.15) is 16.9 Å². The minimum Gasteiger partial charge on any atom is -0.323 e. The second-order valence-electron chi connectivity index (χ2n) is 4.52. The zero-order chi connectivity index (χ0) is 16.3. The zero-order valence-corrected chi connectivity index (χ0v) is 13.5. The van der Waals surface area contributed by atoms with Crippen LogP contribution in [-0.4, -0.2) is 11.0 Å². The Hall–Kier alpha value is -2.30. The van der Waals surface area contributed by atoms with Crippen LogP contribution >= 0.6 is 23.6 Å². The number of amides is 1. The number of carbonyl (C=O) groups excluding carboxylic acids is 1. The lowest BCUT2D eigenvalue weighted by atomic mass is 10.2. The third-order valence-electron chi connectivity index (χ3n) is 3.04. The van der Waals surface area contributed by atoms with Crippen molar-refractivity contribution in [3.05, 3.63) is 51.7 Å².